The molecular formula is C13H19BrN2O2. The SMILES string of the molecule is CCC(CC)(CO)CNC(=O)c1cncc(Br)c1. The van der Waals surface area contributed by atoms with Crippen LogP contribution in [0.4, 0.5) is 0 Å². The van der Waals surface area contributed by atoms with E-state index in [0.717, 1.165) is 17.3 Å². The topological polar surface area (TPSA) is 62.2 Å². The average Bonchev–Trinajstić information content (AvgIpc) is 2.40. The number of nitrogens with zero attached hydrogens (tertiary/aromatic N) is 1. The molecule has 0 aromatic carbocycles. The summed E-state index contributed by atoms with van der Waals surface area (Å²) >= 11 is 3.28. The summed E-state index contributed by atoms with van der Waals surface area (Å²) in [5.74, 6) is -0.163. The Hall–Kier alpha value is -0.940. The van der Waals surface area contributed by atoms with E-state index in [2.05, 4.69) is 26.2 Å². The molecule has 5 heteroatoms. The van der Waals surface area contributed by atoms with Crippen molar-refractivity contribution in [1.29, 1.82) is 0 Å². The van der Waals surface area contributed by atoms with Crippen molar-refractivity contribution in [3.63, 3.8) is 0 Å². The van der Waals surface area contributed by atoms with Gasteiger partial charge in [0, 0.05) is 28.8 Å². The molecule has 0 spiro atoms. The van der Waals surface area contributed by atoms with Gasteiger partial charge in [0.1, 0.15) is 0 Å². The van der Waals surface area contributed by atoms with Crippen LogP contribution in [0.2, 0.25) is 0 Å². The van der Waals surface area contributed by atoms with Crippen LogP contribution in [0, 0.1) is 5.41 Å². The molecule has 100 valence electrons. The molecule has 0 aliphatic heterocycles. The molecular weight excluding hydrogens is 296 g/mol. The summed E-state index contributed by atoms with van der Waals surface area (Å²) in [6.45, 7) is 4.60. The Morgan fingerprint density at radius 3 is 2.61 bits per heavy atom. The number of amides is 1. The first-order chi connectivity index (χ1) is 8.56. The predicted octanol–water partition coefficient (Wildman–Crippen LogP) is 2.37. The predicted molar refractivity (Wildman–Crippen MR) is 74.4 cm³/mol. The van der Waals surface area contributed by atoms with E-state index in [1.807, 2.05) is 13.8 Å². The Bertz CT molecular complexity index is 397. The highest BCUT2D eigenvalue weighted by atomic mass is 79.9. The van der Waals surface area contributed by atoms with E-state index in [9.17, 15) is 9.90 Å². The lowest BCUT2D eigenvalue weighted by molar-refractivity contribution is 0.0850. The zero-order chi connectivity index (χ0) is 13.6. The van der Waals surface area contributed by atoms with Crippen molar-refractivity contribution in [3.8, 4) is 0 Å². The minimum Gasteiger partial charge on any atom is -0.396 e. The molecule has 0 saturated carbocycles. The van der Waals surface area contributed by atoms with Gasteiger partial charge in [-0.2, -0.15) is 0 Å². The first-order valence-electron chi connectivity index (χ1n) is 6.06. The molecule has 0 radical (unpaired) electrons. The summed E-state index contributed by atoms with van der Waals surface area (Å²) in [7, 11) is 0. The number of carbonyl (C=O) groups is 1. The first kappa shape index (κ1) is 15.1. The van der Waals surface area contributed by atoms with E-state index in [-0.39, 0.29) is 17.9 Å². The van der Waals surface area contributed by atoms with Crippen molar-refractivity contribution in [2.24, 2.45) is 5.41 Å². The molecule has 0 saturated heterocycles. The van der Waals surface area contributed by atoms with Crippen molar-refractivity contribution < 1.29 is 9.90 Å². The van der Waals surface area contributed by atoms with Crippen molar-refractivity contribution in [3.05, 3.63) is 28.5 Å². The zero-order valence-electron chi connectivity index (χ0n) is 10.7. The normalized spacial score (nSPS) is 11.3. The summed E-state index contributed by atoms with van der Waals surface area (Å²) in [5.41, 5.74) is 0.290. The van der Waals surface area contributed by atoms with Gasteiger partial charge >= 0.3 is 0 Å². The van der Waals surface area contributed by atoms with Crippen LogP contribution in [0.15, 0.2) is 22.9 Å². The van der Waals surface area contributed by atoms with Crippen LogP contribution in [-0.4, -0.2) is 29.1 Å². The van der Waals surface area contributed by atoms with Crippen LogP contribution in [0.1, 0.15) is 37.0 Å². The number of hydrogen-bond donors (Lipinski definition) is 2. The molecule has 0 aliphatic carbocycles. The van der Waals surface area contributed by atoms with Gasteiger partial charge in [-0.1, -0.05) is 13.8 Å². The van der Waals surface area contributed by atoms with Gasteiger partial charge in [0.15, 0.2) is 0 Å². The van der Waals surface area contributed by atoms with E-state index in [0.29, 0.717) is 12.1 Å². The van der Waals surface area contributed by atoms with E-state index >= 15 is 0 Å². The number of hydrogen-bond acceptors (Lipinski definition) is 3. The van der Waals surface area contributed by atoms with Crippen LogP contribution >= 0.6 is 15.9 Å². The van der Waals surface area contributed by atoms with Gasteiger partial charge in [-0.25, -0.2) is 0 Å². The number of carbonyl (C=O) groups excluding carboxylic acids is 1. The molecule has 4 nitrogen and oxygen atoms in total. The standard InChI is InChI=1S/C13H19BrN2O2/c1-3-13(4-2,9-17)8-16-12(18)10-5-11(14)7-15-6-10/h5-7,17H,3-4,8-9H2,1-2H3,(H,16,18). The smallest absolute Gasteiger partial charge is 0.252 e. The quantitative estimate of drug-likeness (QED) is 0.847. The van der Waals surface area contributed by atoms with Gasteiger partial charge in [0.2, 0.25) is 0 Å². The lowest BCUT2D eigenvalue weighted by Crippen LogP contribution is -2.39. The van der Waals surface area contributed by atoms with Crippen molar-refractivity contribution >= 4 is 21.8 Å². The Morgan fingerprint density at radius 2 is 2.11 bits per heavy atom. The van der Waals surface area contributed by atoms with E-state index in [4.69, 9.17) is 0 Å². The number of rotatable bonds is 6. The maximum atomic E-state index is 11.9. The molecule has 1 aromatic rings. The van der Waals surface area contributed by atoms with Gasteiger partial charge in [-0.15, -0.1) is 0 Å². The van der Waals surface area contributed by atoms with Crippen LogP contribution in [0.3, 0.4) is 0 Å². The van der Waals surface area contributed by atoms with Gasteiger partial charge in [0.05, 0.1) is 12.2 Å². The second-order valence-corrected chi connectivity index (χ2v) is 5.36. The molecule has 1 amide bonds. The zero-order valence-corrected chi connectivity index (χ0v) is 12.3. The van der Waals surface area contributed by atoms with Gasteiger partial charge < -0.3 is 10.4 Å². The van der Waals surface area contributed by atoms with Crippen molar-refractivity contribution in [1.82, 2.24) is 10.3 Å². The summed E-state index contributed by atoms with van der Waals surface area (Å²) in [6.07, 6.45) is 4.82. The van der Waals surface area contributed by atoms with Crippen LogP contribution in [-0.2, 0) is 0 Å². The Kier molecular flexibility index (Phi) is 5.75. The number of nitrogens with one attached hydrogen (secondary N) is 1. The second-order valence-electron chi connectivity index (χ2n) is 4.44. The van der Waals surface area contributed by atoms with Crippen molar-refractivity contribution in [2.75, 3.05) is 13.2 Å². The highest BCUT2D eigenvalue weighted by molar-refractivity contribution is 9.10. The molecule has 1 heterocycles. The third-order valence-electron chi connectivity index (χ3n) is 3.43. The monoisotopic (exact) mass is 314 g/mol. The molecule has 0 fully saturated rings. The highest BCUT2D eigenvalue weighted by Crippen LogP contribution is 2.24. The fourth-order valence-electron chi connectivity index (χ4n) is 1.69. The van der Waals surface area contributed by atoms with Crippen LogP contribution in [0.25, 0.3) is 0 Å². The minimum atomic E-state index is -0.227. The molecule has 0 unspecified atom stereocenters. The number of halogens is 1. The van der Waals surface area contributed by atoms with E-state index < -0.39 is 0 Å². The number of aromatic nitrogens is 1. The fraction of sp³-hybridized carbons (Fsp3) is 0.538. The number of aliphatic hydroxyl groups excluding tert-OH is 1. The number of aliphatic hydroxyl groups is 1. The van der Waals surface area contributed by atoms with E-state index in [1.54, 1.807) is 12.3 Å². The van der Waals surface area contributed by atoms with Crippen molar-refractivity contribution in [2.45, 2.75) is 26.7 Å². The summed E-state index contributed by atoms with van der Waals surface area (Å²) in [6, 6.07) is 1.72. The third kappa shape index (κ3) is 3.78. The Morgan fingerprint density at radius 1 is 1.44 bits per heavy atom. The second kappa shape index (κ2) is 6.85. The lowest BCUT2D eigenvalue weighted by Gasteiger charge is -2.29. The Balaban J connectivity index is 2.66. The van der Waals surface area contributed by atoms with Gasteiger partial charge in [-0.3, -0.25) is 9.78 Å². The largest absolute Gasteiger partial charge is 0.396 e. The van der Waals surface area contributed by atoms with Gasteiger partial charge in [0.25, 0.3) is 5.91 Å². The first-order valence-corrected chi connectivity index (χ1v) is 6.86. The molecule has 18 heavy (non-hydrogen) atoms. The molecule has 0 bridgehead atoms. The van der Waals surface area contributed by atoms with Crippen LogP contribution in [0.5, 0.6) is 0 Å². The molecule has 0 atom stereocenters. The lowest BCUT2D eigenvalue weighted by atomic mass is 9.83. The maximum Gasteiger partial charge on any atom is 0.252 e. The summed E-state index contributed by atoms with van der Waals surface area (Å²) in [5, 5.41) is 12.3. The van der Waals surface area contributed by atoms with Crippen LogP contribution < -0.4 is 5.32 Å². The fourth-order valence-corrected chi connectivity index (χ4v) is 2.05. The highest BCUT2D eigenvalue weighted by Gasteiger charge is 2.25. The third-order valence-corrected chi connectivity index (χ3v) is 3.86. The molecule has 2 N–H and O–H groups in total. The Labute approximate surface area is 116 Å². The summed E-state index contributed by atoms with van der Waals surface area (Å²) in [4.78, 5) is 15.9. The average molecular weight is 315 g/mol. The number of pyridine rings is 1. The van der Waals surface area contributed by atoms with E-state index in [1.165, 1.54) is 6.20 Å². The molecule has 0 aliphatic rings. The maximum absolute atomic E-state index is 11.9. The molecule has 1 rings (SSSR count). The minimum absolute atomic E-state index is 0.0804. The summed E-state index contributed by atoms with van der Waals surface area (Å²) < 4.78 is 0.773. The molecule has 1 aromatic heterocycles. The van der Waals surface area contributed by atoms with Gasteiger partial charge in [-0.05, 0) is 34.8 Å².